The van der Waals surface area contributed by atoms with Gasteiger partial charge in [-0.1, -0.05) is 26.7 Å². The number of carbonyl (C=O) groups is 1. The van der Waals surface area contributed by atoms with Gasteiger partial charge < -0.3 is 9.73 Å². The molecule has 1 aromatic heterocycles. The SMILES string of the molecule is CCCC(CCC)NC(=O)c1ccc2nc(C)oc2c1. The van der Waals surface area contributed by atoms with Crippen LogP contribution >= 0.6 is 0 Å². The normalized spacial score (nSPS) is 11.2. The Morgan fingerprint density at radius 2 is 2.00 bits per heavy atom. The van der Waals surface area contributed by atoms with Crippen LogP contribution in [0.3, 0.4) is 0 Å². The molecule has 0 aliphatic heterocycles. The maximum absolute atomic E-state index is 12.3. The first-order valence-electron chi connectivity index (χ1n) is 7.32. The standard InChI is InChI=1S/C16H22N2O2/c1-4-6-13(7-5-2)18-16(19)12-8-9-14-15(10-12)20-11(3)17-14/h8-10,13H,4-7H2,1-3H3,(H,18,19). The molecule has 4 nitrogen and oxygen atoms in total. The number of aryl methyl sites for hydroxylation is 1. The van der Waals surface area contributed by atoms with E-state index in [1.54, 1.807) is 19.1 Å². The number of aromatic nitrogens is 1. The summed E-state index contributed by atoms with van der Waals surface area (Å²) in [7, 11) is 0. The molecule has 1 amide bonds. The highest BCUT2D eigenvalue weighted by Gasteiger charge is 2.14. The molecule has 4 heteroatoms. The van der Waals surface area contributed by atoms with E-state index >= 15 is 0 Å². The second-order valence-electron chi connectivity index (χ2n) is 5.16. The number of amides is 1. The molecule has 1 N–H and O–H groups in total. The zero-order valence-electron chi connectivity index (χ0n) is 12.4. The minimum absolute atomic E-state index is 0.0344. The average Bonchev–Trinajstić information content (AvgIpc) is 2.78. The number of nitrogens with zero attached hydrogens (tertiary/aromatic N) is 1. The summed E-state index contributed by atoms with van der Waals surface area (Å²) in [5, 5.41) is 3.11. The molecule has 0 saturated heterocycles. The van der Waals surface area contributed by atoms with Crippen molar-refractivity contribution in [3.05, 3.63) is 29.7 Å². The summed E-state index contributed by atoms with van der Waals surface area (Å²) in [4.78, 5) is 16.5. The van der Waals surface area contributed by atoms with Gasteiger partial charge in [-0.15, -0.1) is 0 Å². The summed E-state index contributed by atoms with van der Waals surface area (Å²) < 4.78 is 5.47. The molecule has 0 fully saturated rings. The van der Waals surface area contributed by atoms with Crippen molar-refractivity contribution >= 4 is 17.0 Å². The van der Waals surface area contributed by atoms with Crippen LogP contribution in [0.25, 0.3) is 11.1 Å². The first-order valence-corrected chi connectivity index (χ1v) is 7.32. The van der Waals surface area contributed by atoms with E-state index in [9.17, 15) is 4.79 Å². The monoisotopic (exact) mass is 274 g/mol. The second kappa shape index (κ2) is 6.55. The van der Waals surface area contributed by atoms with Crippen LogP contribution < -0.4 is 5.32 Å². The molecule has 108 valence electrons. The van der Waals surface area contributed by atoms with Crippen molar-refractivity contribution in [2.75, 3.05) is 0 Å². The van der Waals surface area contributed by atoms with Crippen molar-refractivity contribution in [2.24, 2.45) is 0 Å². The molecule has 0 bridgehead atoms. The van der Waals surface area contributed by atoms with Gasteiger partial charge in [0.1, 0.15) is 5.52 Å². The maximum Gasteiger partial charge on any atom is 0.251 e. The van der Waals surface area contributed by atoms with E-state index in [4.69, 9.17) is 4.42 Å². The van der Waals surface area contributed by atoms with E-state index in [2.05, 4.69) is 24.1 Å². The van der Waals surface area contributed by atoms with Crippen LogP contribution in [-0.2, 0) is 0 Å². The zero-order chi connectivity index (χ0) is 14.5. The smallest absolute Gasteiger partial charge is 0.251 e. The van der Waals surface area contributed by atoms with Gasteiger partial charge >= 0.3 is 0 Å². The largest absolute Gasteiger partial charge is 0.441 e. The Morgan fingerprint density at radius 3 is 2.65 bits per heavy atom. The Kier molecular flexibility index (Phi) is 4.77. The van der Waals surface area contributed by atoms with Gasteiger partial charge in [-0.3, -0.25) is 4.79 Å². The van der Waals surface area contributed by atoms with Crippen molar-refractivity contribution < 1.29 is 9.21 Å². The maximum atomic E-state index is 12.3. The van der Waals surface area contributed by atoms with Gasteiger partial charge in [-0.2, -0.15) is 0 Å². The summed E-state index contributed by atoms with van der Waals surface area (Å²) in [6.45, 7) is 6.08. The molecular weight excluding hydrogens is 252 g/mol. The van der Waals surface area contributed by atoms with Gasteiger partial charge in [0, 0.05) is 18.5 Å². The minimum Gasteiger partial charge on any atom is -0.441 e. The average molecular weight is 274 g/mol. The number of nitrogens with one attached hydrogen (secondary N) is 1. The fourth-order valence-corrected chi connectivity index (χ4v) is 2.44. The fraction of sp³-hybridized carbons (Fsp3) is 0.500. The van der Waals surface area contributed by atoms with Gasteiger partial charge in [0.25, 0.3) is 5.91 Å². The third-order valence-electron chi connectivity index (χ3n) is 3.37. The summed E-state index contributed by atoms with van der Waals surface area (Å²) >= 11 is 0. The molecule has 0 spiro atoms. The number of carbonyl (C=O) groups excluding carboxylic acids is 1. The summed E-state index contributed by atoms with van der Waals surface area (Å²) in [6, 6.07) is 5.65. The summed E-state index contributed by atoms with van der Waals surface area (Å²) in [5.41, 5.74) is 2.08. The lowest BCUT2D eigenvalue weighted by Crippen LogP contribution is -2.34. The molecule has 0 unspecified atom stereocenters. The first kappa shape index (κ1) is 14.6. The number of fused-ring (bicyclic) bond motifs is 1. The molecule has 2 rings (SSSR count). The van der Waals surface area contributed by atoms with Crippen LogP contribution in [0.1, 0.15) is 55.8 Å². The Morgan fingerprint density at radius 1 is 1.30 bits per heavy atom. The van der Waals surface area contributed by atoms with Crippen LogP contribution in [0.5, 0.6) is 0 Å². The lowest BCUT2D eigenvalue weighted by molar-refractivity contribution is 0.0932. The lowest BCUT2D eigenvalue weighted by atomic mass is 10.1. The fourth-order valence-electron chi connectivity index (χ4n) is 2.44. The van der Waals surface area contributed by atoms with Crippen LogP contribution in [0.15, 0.2) is 22.6 Å². The highest BCUT2D eigenvalue weighted by Crippen LogP contribution is 2.17. The molecule has 1 aromatic carbocycles. The molecular formula is C16H22N2O2. The van der Waals surface area contributed by atoms with E-state index in [0.29, 0.717) is 17.0 Å². The second-order valence-corrected chi connectivity index (χ2v) is 5.16. The predicted octanol–water partition coefficient (Wildman–Crippen LogP) is 3.83. The number of rotatable bonds is 6. The van der Waals surface area contributed by atoms with Crippen molar-refractivity contribution in [3.8, 4) is 0 Å². The van der Waals surface area contributed by atoms with Gasteiger partial charge in [-0.05, 0) is 31.0 Å². The van der Waals surface area contributed by atoms with E-state index in [0.717, 1.165) is 31.2 Å². The Labute approximate surface area is 119 Å². The van der Waals surface area contributed by atoms with Crippen molar-refractivity contribution in [2.45, 2.75) is 52.5 Å². The van der Waals surface area contributed by atoms with E-state index in [1.807, 2.05) is 6.07 Å². The van der Waals surface area contributed by atoms with E-state index in [1.165, 1.54) is 0 Å². The number of oxazole rings is 1. The topological polar surface area (TPSA) is 55.1 Å². The first-order chi connectivity index (χ1) is 9.63. The Bertz CT molecular complexity index is 583. The van der Waals surface area contributed by atoms with Gasteiger partial charge in [0.05, 0.1) is 0 Å². The summed E-state index contributed by atoms with van der Waals surface area (Å²) in [5.74, 6) is 0.584. The number of hydrogen-bond acceptors (Lipinski definition) is 3. The highest BCUT2D eigenvalue weighted by atomic mass is 16.3. The van der Waals surface area contributed by atoms with E-state index in [-0.39, 0.29) is 11.9 Å². The lowest BCUT2D eigenvalue weighted by Gasteiger charge is -2.17. The molecule has 2 aromatic rings. The van der Waals surface area contributed by atoms with Gasteiger partial charge in [0.2, 0.25) is 0 Å². The van der Waals surface area contributed by atoms with E-state index < -0.39 is 0 Å². The molecule has 0 aliphatic rings. The molecule has 1 heterocycles. The summed E-state index contributed by atoms with van der Waals surface area (Å²) in [6.07, 6.45) is 4.18. The Hall–Kier alpha value is -1.84. The Balaban J connectivity index is 2.13. The van der Waals surface area contributed by atoms with Crippen LogP contribution in [-0.4, -0.2) is 16.9 Å². The minimum atomic E-state index is -0.0344. The number of hydrogen-bond donors (Lipinski definition) is 1. The highest BCUT2D eigenvalue weighted by molar-refractivity contribution is 5.97. The van der Waals surface area contributed by atoms with Crippen LogP contribution in [0, 0.1) is 6.92 Å². The van der Waals surface area contributed by atoms with Crippen molar-refractivity contribution in [3.63, 3.8) is 0 Å². The quantitative estimate of drug-likeness (QED) is 0.870. The molecule has 20 heavy (non-hydrogen) atoms. The molecule has 0 aliphatic carbocycles. The molecule has 0 atom stereocenters. The zero-order valence-corrected chi connectivity index (χ0v) is 12.4. The number of benzene rings is 1. The van der Waals surface area contributed by atoms with Gasteiger partial charge in [0.15, 0.2) is 11.5 Å². The van der Waals surface area contributed by atoms with Crippen LogP contribution in [0.4, 0.5) is 0 Å². The predicted molar refractivity (Wildman–Crippen MR) is 79.8 cm³/mol. The van der Waals surface area contributed by atoms with Crippen LogP contribution in [0.2, 0.25) is 0 Å². The van der Waals surface area contributed by atoms with Gasteiger partial charge in [-0.25, -0.2) is 4.98 Å². The van der Waals surface area contributed by atoms with Crippen molar-refractivity contribution in [1.29, 1.82) is 0 Å². The third-order valence-corrected chi connectivity index (χ3v) is 3.37. The van der Waals surface area contributed by atoms with Crippen molar-refractivity contribution in [1.82, 2.24) is 10.3 Å². The molecule has 0 radical (unpaired) electrons. The molecule has 0 saturated carbocycles. The third kappa shape index (κ3) is 3.38.